The summed E-state index contributed by atoms with van der Waals surface area (Å²) in [7, 11) is 0. The number of ether oxygens (including phenoxy) is 2. The van der Waals surface area contributed by atoms with E-state index in [1.807, 2.05) is 0 Å². The highest BCUT2D eigenvalue weighted by Crippen LogP contribution is 2.38. The van der Waals surface area contributed by atoms with E-state index in [0.29, 0.717) is 10.8 Å². The molecule has 0 N–H and O–H groups in total. The second-order valence-electron chi connectivity index (χ2n) is 8.95. The molecule has 2 heterocycles. The first kappa shape index (κ1) is 16.0. The predicted octanol–water partition coefficient (Wildman–Crippen LogP) is 4.42. The van der Waals surface area contributed by atoms with Gasteiger partial charge in [-0.15, -0.1) is 0 Å². The molecule has 0 radical (unpaired) electrons. The molecule has 0 saturated carbocycles. The molecule has 0 aromatic carbocycles. The van der Waals surface area contributed by atoms with E-state index < -0.39 is 0 Å². The minimum atomic E-state index is 0.234. The van der Waals surface area contributed by atoms with Gasteiger partial charge in [-0.2, -0.15) is 0 Å². The van der Waals surface area contributed by atoms with Gasteiger partial charge in [0.05, 0.1) is 24.4 Å². The molecule has 0 spiro atoms. The van der Waals surface area contributed by atoms with E-state index in [2.05, 4.69) is 55.4 Å². The average molecular weight is 256 g/mol. The normalized spacial score (nSPS) is 34.7. The van der Waals surface area contributed by atoms with Gasteiger partial charge >= 0.3 is 0 Å². The van der Waals surface area contributed by atoms with Gasteiger partial charge in [-0.05, 0) is 37.5 Å². The Labute approximate surface area is 113 Å². The quantitative estimate of drug-likeness (QED) is 0.683. The molecule has 18 heavy (non-hydrogen) atoms. The van der Waals surface area contributed by atoms with Crippen LogP contribution in [0.2, 0.25) is 0 Å². The van der Waals surface area contributed by atoms with Crippen LogP contribution in [-0.4, -0.2) is 24.4 Å². The summed E-state index contributed by atoms with van der Waals surface area (Å²) in [6, 6.07) is 0. The van der Waals surface area contributed by atoms with Crippen LogP contribution in [0, 0.1) is 10.8 Å². The molecule has 2 rings (SSSR count). The minimum absolute atomic E-state index is 0.234. The molecule has 2 atom stereocenters. The van der Waals surface area contributed by atoms with E-state index in [9.17, 15) is 0 Å². The minimum Gasteiger partial charge on any atom is -0.370 e. The standard InChI is InChI=1S/2C8H16O/c2*1-7(2,3)5-8(4)6-9-8/h2*5-6H2,1-4H3. The Morgan fingerprint density at radius 1 is 0.722 bits per heavy atom. The first-order valence-corrected chi connectivity index (χ1v) is 7.11. The molecule has 2 aliphatic rings. The SMILES string of the molecule is CC(C)(C)CC1(C)CO1.CC(C)(C)CC1(C)CO1. The second kappa shape index (κ2) is 4.79. The molecule has 0 aliphatic carbocycles. The lowest BCUT2D eigenvalue weighted by molar-refractivity contribution is 0.230. The van der Waals surface area contributed by atoms with Crippen molar-refractivity contribution in [2.75, 3.05) is 13.2 Å². The van der Waals surface area contributed by atoms with Gasteiger partial charge in [0.25, 0.3) is 0 Å². The third-order valence-corrected chi connectivity index (χ3v) is 3.08. The van der Waals surface area contributed by atoms with Crippen molar-refractivity contribution in [3.8, 4) is 0 Å². The van der Waals surface area contributed by atoms with Gasteiger partial charge in [-0.3, -0.25) is 0 Å². The predicted molar refractivity (Wildman–Crippen MR) is 76.9 cm³/mol. The van der Waals surface area contributed by atoms with Crippen molar-refractivity contribution in [1.29, 1.82) is 0 Å². The third kappa shape index (κ3) is 7.38. The van der Waals surface area contributed by atoms with Crippen LogP contribution in [0.1, 0.15) is 68.2 Å². The van der Waals surface area contributed by atoms with Crippen molar-refractivity contribution < 1.29 is 9.47 Å². The smallest absolute Gasteiger partial charge is 0.0893 e. The molecular weight excluding hydrogens is 224 g/mol. The maximum absolute atomic E-state index is 5.27. The number of hydrogen-bond donors (Lipinski definition) is 0. The topological polar surface area (TPSA) is 25.1 Å². The molecule has 2 unspecified atom stereocenters. The van der Waals surface area contributed by atoms with Gasteiger partial charge in [0.15, 0.2) is 0 Å². The zero-order chi connectivity index (χ0) is 14.2. The van der Waals surface area contributed by atoms with Gasteiger partial charge in [0, 0.05) is 0 Å². The van der Waals surface area contributed by atoms with E-state index in [-0.39, 0.29) is 11.2 Å². The lowest BCUT2D eigenvalue weighted by Crippen LogP contribution is -2.16. The summed E-state index contributed by atoms with van der Waals surface area (Å²) < 4.78 is 10.5. The zero-order valence-electron chi connectivity index (χ0n) is 13.6. The highest BCUT2D eigenvalue weighted by molar-refractivity contribution is 4.91. The Kier molecular flexibility index (Phi) is 4.25. The Bertz CT molecular complexity index is 236. The summed E-state index contributed by atoms with van der Waals surface area (Å²) >= 11 is 0. The van der Waals surface area contributed by atoms with Crippen LogP contribution in [0.4, 0.5) is 0 Å². The summed E-state index contributed by atoms with van der Waals surface area (Å²) in [4.78, 5) is 0. The summed E-state index contributed by atoms with van der Waals surface area (Å²) in [6.07, 6.45) is 2.36. The molecule has 2 heteroatoms. The van der Waals surface area contributed by atoms with Gasteiger partial charge in [0.2, 0.25) is 0 Å². The van der Waals surface area contributed by atoms with Crippen LogP contribution in [-0.2, 0) is 9.47 Å². The van der Waals surface area contributed by atoms with Crippen LogP contribution in [0.15, 0.2) is 0 Å². The van der Waals surface area contributed by atoms with Crippen molar-refractivity contribution in [2.45, 2.75) is 79.4 Å². The molecule has 0 aromatic rings. The van der Waals surface area contributed by atoms with E-state index in [4.69, 9.17) is 9.47 Å². The molecule has 2 nitrogen and oxygen atoms in total. The first-order chi connectivity index (χ1) is 7.83. The summed E-state index contributed by atoms with van der Waals surface area (Å²) in [5, 5.41) is 0. The van der Waals surface area contributed by atoms with Crippen molar-refractivity contribution in [1.82, 2.24) is 0 Å². The highest BCUT2D eigenvalue weighted by Gasteiger charge is 2.42. The lowest BCUT2D eigenvalue weighted by Gasteiger charge is -2.20. The summed E-state index contributed by atoms with van der Waals surface area (Å²) in [5.74, 6) is 0. The van der Waals surface area contributed by atoms with Gasteiger partial charge in [-0.25, -0.2) is 0 Å². The molecule has 0 aromatic heterocycles. The largest absolute Gasteiger partial charge is 0.370 e. The Balaban J connectivity index is 0.000000180. The lowest BCUT2D eigenvalue weighted by atomic mass is 9.86. The van der Waals surface area contributed by atoms with Gasteiger partial charge < -0.3 is 9.47 Å². The van der Waals surface area contributed by atoms with Crippen LogP contribution < -0.4 is 0 Å². The number of hydrogen-bond acceptors (Lipinski definition) is 2. The second-order valence-corrected chi connectivity index (χ2v) is 8.95. The maximum atomic E-state index is 5.27. The maximum Gasteiger partial charge on any atom is 0.0893 e. The number of rotatable bonds is 2. The van der Waals surface area contributed by atoms with E-state index in [1.54, 1.807) is 0 Å². The molecule has 0 amide bonds. The Morgan fingerprint density at radius 2 is 0.944 bits per heavy atom. The third-order valence-electron chi connectivity index (χ3n) is 3.08. The van der Waals surface area contributed by atoms with E-state index in [0.717, 1.165) is 13.2 Å². The van der Waals surface area contributed by atoms with Gasteiger partial charge in [0.1, 0.15) is 0 Å². The van der Waals surface area contributed by atoms with Crippen molar-refractivity contribution in [3.05, 3.63) is 0 Å². The molecule has 2 aliphatic heterocycles. The molecule has 0 bridgehead atoms. The van der Waals surface area contributed by atoms with Crippen LogP contribution >= 0.6 is 0 Å². The Morgan fingerprint density at radius 3 is 1.00 bits per heavy atom. The number of epoxide rings is 2. The monoisotopic (exact) mass is 256 g/mol. The zero-order valence-corrected chi connectivity index (χ0v) is 13.6. The van der Waals surface area contributed by atoms with Crippen molar-refractivity contribution >= 4 is 0 Å². The highest BCUT2D eigenvalue weighted by atomic mass is 16.6. The summed E-state index contributed by atoms with van der Waals surface area (Å²) in [5.41, 5.74) is 1.31. The van der Waals surface area contributed by atoms with Gasteiger partial charge in [-0.1, -0.05) is 41.5 Å². The fourth-order valence-electron chi connectivity index (χ4n) is 2.69. The summed E-state index contributed by atoms with van der Waals surface area (Å²) in [6.45, 7) is 19.8. The fraction of sp³-hybridized carbons (Fsp3) is 1.00. The fourth-order valence-corrected chi connectivity index (χ4v) is 2.69. The molecular formula is C16H32O2. The first-order valence-electron chi connectivity index (χ1n) is 7.11. The average Bonchev–Trinajstić information content (AvgIpc) is 2.89. The van der Waals surface area contributed by atoms with E-state index >= 15 is 0 Å². The van der Waals surface area contributed by atoms with Crippen molar-refractivity contribution in [2.24, 2.45) is 10.8 Å². The molecule has 108 valence electrons. The van der Waals surface area contributed by atoms with Crippen LogP contribution in [0.3, 0.4) is 0 Å². The van der Waals surface area contributed by atoms with Crippen LogP contribution in [0.5, 0.6) is 0 Å². The molecule has 2 saturated heterocycles. The van der Waals surface area contributed by atoms with E-state index in [1.165, 1.54) is 12.8 Å². The van der Waals surface area contributed by atoms with Crippen LogP contribution in [0.25, 0.3) is 0 Å². The molecule has 2 fully saturated rings. The van der Waals surface area contributed by atoms with Crippen molar-refractivity contribution in [3.63, 3.8) is 0 Å². The Hall–Kier alpha value is -0.0800.